The van der Waals surface area contributed by atoms with Gasteiger partial charge in [-0.3, -0.25) is 4.79 Å². The van der Waals surface area contributed by atoms with E-state index in [1.165, 1.54) is 0 Å². The monoisotopic (exact) mass is 140 g/mol. The molecular formula is C8H12O2. The zero-order chi connectivity index (χ0) is 8.20. The third-order valence-corrected chi connectivity index (χ3v) is 0.703. The van der Waals surface area contributed by atoms with E-state index in [4.69, 9.17) is 5.11 Å². The van der Waals surface area contributed by atoms with Gasteiger partial charge in [-0.05, 0) is 20.8 Å². The van der Waals surface area contributed by atoms with Crippen LogP contribution in [0.1, 0.15) is 27.2 Å². The highest BCUT2D eigenvalue weighted by Gasteiger charge is 2.03. The molecule has 1 N–H and O–H groups in total. The fraction of sp³-hybridized carbons (Fsp3) is 0.625. The number of aliphatic carboxylic acids is 1. The molecule has 2 nitrogen and oxygen atoms in total. The van der Waals surface area contributed by atoms with E-state index in [1.54, 1.807) is 0 Å². The molecule has 0 amide bonds. The first kappa shape index (κ1) is 9.03. The molecule has 2 heteroatoms. The maximum Gasteiger partial charge on any atom is 0.315 e. The number of hydrogen-bond donors (Lipinski definition) is 1. The number of carbonyl (C=O) groups is 1. The highest BCUT2D eigenvalue weighted by molar-refractivity contribution is 5.69. The van der Waals surface area contributed by atoms with Crippen LogP contribution in [0.15, 0.2) is 0 Å². The minimum atomic E-state index is -0.864. The number of rotatable bonds is 1. The highest BCUT2D eigenvalue weighted by atomic mass is 16.4. The number of carboxylic acid groups (broad SMARTS) is 1. The highest BCUT2D eigenvalue weighted by Crippen LogP contribution is 2.09. The minimum absolute atomic E-state index is 0.0583. The summed E-state index contributed by atoms with van der Waals surface area (Å²) in [4.78, 5) is 9.98. The lowest BCUT2D eigenvalue weighted by Crippen LogP contribution is -2.00. The lowest BCUT2D eigenvalue weighted by molar-refractivity contribution is -0.135. The summed E-state index contributed by atoms with van der Waals surface area (Å²) in [7, 11) is 0. The maximum absolute atomic E-state index is 9.98. The van der Waals surface area contributed by atoms with Crippen LogP contribution in [0.2, 0.25) is 0 Å². The van der Waals surface area contributed by atoms with Crippen LogP contribution in [0.5, 0.6) is 0 Å². The van der Waals surface area contributed by atoms with E-state index in [9.17, 15) is 4.79 Å². The van der Waals surface area contributed by atoms with Crippen molar-refractivity contribution in [1.82, 2.24) is 0 Å². The Kier molecular flexibility index (Phi) is 2.95. The lowest BCUT2D eigenvalue weighted by atomic mass is 9.98. The van der Waals surface area contributed by atoms with Crippen LogP contribution in [-0.2, 0) is 4.79 Å². The average molecular weight is 140 g/mol. The van der Waals surface area contributed by atoms with Gasteiger partial charge in [0.15, 0.2) is 0 Å². The molecule has 0 heterocycles. The van der Waals surface area contributed by atoms with Gasteiger partial charge >= 0.3 is 5.97 Å². The van der Waals surface area contributed by atoms with Crippen LogP contribution in [0, 0.1) is 17.3 Å². The Morgan fingerprint density at radius 3 is 2.30 bits per heavy atom. The molecule has 0 bridgehead atoms. The Hall–Kier alpha value is -0.970. The molecule has 0 spiro atoms. The Balaban J connectivity index is 3.82. The smallest absolute Gasteiger partial charge is 0.315 e. The van der Waals surface area contributed by atoms with Gasteiger partial charge in [0.05, 0.1) is 0 Å². The van der Waals surface area contributed by atoms with Crippen molar-refractivity contribution in [1.29, 1.82) is 0 Å². The van der Waals surface area contributed by atoms with Crippen LogP contribution < -0.4 is 0 Å². The van der Waals surface area contributed by atoms with Crippen molar-refractivity contribution < 1.29 is 9.90 Å². The molecule has 0 aliphatic rings. The largest absolute Gasteiger partial charge is 0.481 e. The SMILES string of the molecule is CC(C)(C)C#CCC(=O)O. The van der Waals surface area contributed by atoms with Gasteiger partial charge in [-0.2, -0.15) is 0 Å². The van der Waals surface area contributed by atoms with E-state index < -0.39 is 5.97 Å². The van der Waals surface area contributed by atoms with E-state index in [0.29, 0.717) is 0 Å². The van der Waals surface area contributed by atoms with Crippen LogP contribution in [0.25, 0.3) is 0 Å². The van der Waals surface area contributed by atoms with Crippen molar-refractivity contribution in [2.45, 2.75) is 27.2 Å². The molecular weight excluding hydrogens is 128 g/mol. The van der Waals surface area contributed by atoms with Crippen LogP contribution >= 0.6 is 0 Å². The van der Waals surface area contributed by atoms with E-state index in [2.05, 4.69) is 11.8 Å². The van der Waals surface area contributed by atoms with E-state index >= 15 is 0 Å². The second-order valence-corrected chi connectivity index (χ2v) is 3.12. The molecule has 0 saturated heterocycles. The third-order valence-electron chi connectivity index (χ3n) is 0.703. The van der Waals surface area contributed by atoms with Gasteiger partial charge in [0.25, 0.3) is 0 Å². The van der Waals surface area contributed by atoms with E-state index in [1.807, 2.05) is 20.8 Å². The van der Waals surface area contributed by atoms with Gasteiger partial charge in [-0.15, -0.1) is 0 Å². The molecule has 0 atom stereocenters. The van der Waals surface area contributed by atoms with Gasteiger partial charge in [0, 0.05) is 5.41 Å². The number of hydrogen-bond acceptors (Lipinski definition) is 1. The second-order valence-electron chi connectivity index (χ2n) is 3.12. The fourth-order valence-corrected chi connectivity index (χ4v) is 0.385. The van der Waals surface area contributed by atoms with E-state index in [0.717, 1.165) is 0 Å². The first-order valence-electron chi connectivity index (χ1n) is 3.13. The van der Waals surface area contributed by atoms with Crippen molar-refractivity contribution in [3.63, 3.8) is 0 Å². The van der Waals surface area contributed by atoms with Crippen molar-refractivity contribution in [2.75, 3.05) is 0 Å². The number of carboxylic acids is 1. The first-order chi connectivity index (χ1) is 4.42. The minimum Gasteiger partial charge on any atom is -0.481 e. The Morgan fingerprint density at radius 1 is 1.50 bits per heavy atom. The van der Waals surface area contributed by atoms with Crippen molar-refractivity contribution in [2.24, 2.45) is 5.41 Å². The second kappa shape index (κ2) is 3.26. The van der Waals surface area contributed by atoms with Gasteiger partial charge in [-0.25, -0.2) is 0 Å². The molecule has 0 aromatic heterocycles. The van der Waals surface area contributed by atoms with Crippen molar-refractivity contribution >= 4 is 5.97 Å². The van der Waals surface area contributed by atoms with Crippen LogP contribution in [-0.4, -0.2) is 11.1 Å². The summed E-state index contributed by atoms with van der Waals surface area (Å²) in [5.41, 5.74) is -0.0878. The summed E-state index contributed by atoms with van der Waals surface area (Å²) in [5.74, 6) is 4.53. The molecule has 0 fully saturated rings. The predicted octanol–water partition coefficient (Wildman–Crippen LogP) is 1.51. The predicted molar refractivity (Wildman–Crippen MR) is 39.5 cm³/mol. The third kappa shape index (κ3) is 7.03. The Morgan fingerprint density at radius 2 is 2.00 bits per heavy atom. The van der Waals surface area contributed by atoms with Crippen LogP contribution in [0.4, 0.5) is 0 Å². The molecule has 0 aliphatic heterocycles. The molecule has 56 valence electrons. The summed E-state index contributed by atoms with van der Waals surface area (Å²) in [6, 6.07) is 0. The summed E-state index contributed by atoms with van der Waals surface area (Å²) in [6.45, 7) is 5.84. The average Bonchev–Trinajstić information content (AvgIpc) is 1.59. The standard InChI is InChI=1S/C8H12O2/c1-8(2,3)6-4-5-7(9)10/h5H2,1-3H3,(H,9,10). The normalized spacial score (nSPS) is 9.90. The molecule has 10 heavy (non-hydrogen) atoms. The van der Waals surface area contributed by atoms with Crippen LogP contribution in [0.3, 0.4) is 0 Å². The van der Waals surface area contributed by atoms with Gasteiger partial charge in [-0.1, -0.05) is 11.8 Å². The molecule has 0 aliphatic carbocycles. The molecule has 0 aromatic rings. The molecule has 0 unspecified atom stereocenters. The van der Waals surface area contributed by atoms with Gasteiger partial charge < -0.3 is 5.11 Å². The molecule has 0 saturated carbocycles. The van der Waals surface area contributed by atoms with Crippen molar-refractivity contribution in [3.8, 4) is 11.8 Å². The summed E-state index contributed by atoms with van der Waals surface area (Å²) >= 11 is 0. The maximum atomic E-state index is 9.98. The molecule has 0 rings (SSSR count). The summed E-state index contributed by atoms with van der Waals surface area (Å²) in [6.07, 6.45) is -0.0583. The Bertz CT molecular complexity index is 176. The lowest BCUT2D eigenvalue weighted by Gasteiger charge is -2.06. The zero-order valence-electron chi connectivity index (χ0n) is 6.56. The summed E-state index contributed by atoms with van der Waals surface area (Å²) < 4.78 is 0. The molecule has 0 aromatic carbocycles. The Labute approximate surface area is 61.2 Å². The summed E-state index contributed by atoms with van der Waals surface area (Å²) in [5, 5.41) is 8.21. The van der Waals surface area contributed by atoms with Gasteiger partial charge in [0.2, 0.25) is 0 Å². The fourth-order valence-electron chi connectivity index (χ4n) is 0.385. The topological polar surface area (TPSA) is 37.3 Å². The van der Waals surface area contributed by atoms with E-state index in [-0.39, 0.29) is 11.8 Å². The first-order valence-corrected chi connectivity index (χ1v) is 3.13. The van der Waals surface area contributed by atoms with Crippen molar-refractivity contribution in [3.05, 3.63) is 0 Å². The molecule has 0 radical (unpaired) electrons. The van der Waals surface area contributed by atoms with Gasteiger partial charge in [0.1, 0.15) is 6.42 Å². The quantitative estimate of drug-likeness (QED) is 0.560. The zero-order valence-corrected chi connectivity index (χ0v) is 6.56.